The number of carbonyl (C=O) groups excluding carboxylic acids is 1. The van der Waals surface area contributed by atoms with Crippen molar-refractivity contribution in [3.8, 4) is 5.75 Å². The highest BCUT2D eigenvalue weighted by atomic mass is 32.2. The largest absolute Gasteiger partial charge is 0.491 e. The number of nitrogens with zero attached hydrogens (tertiary/aromatic N) is 1. The van der Waals surface area contributed by atoms with Gasteiger partial charge >= 0.3 is 0 Å². The maximum absolute atomic E-state index is 12.5. The molecule has 0 radical (unpaired) electrons. The molecule has 0 fully saturated rings. The monoisotopic (exact) mass is 404 g/mol. The Morgan fingerprint density at radius 3 is 2.29 bits per heavy atom. The molecule has 0 aliphatic carbocycles. The second-order valence-electron chi connectivity index (χ2n) is 7.10. The van der Waals surface area contributed by atoms with Gasteiger partial charge in [-0.3, -0.25) is 9.10 Å². The first kappa shape index (κ1) is 21.8. The summed E-state index contributed by atoms with van der Waals surface area (Å²) in [5.74, 6) is 0.360. The van der Waals surface area contributed by atoms with Gasteiger partial charge < -0.3 is 10.1 Å². The van der Waals surface area contributed by atoms with Gasteiger partial charge in [0.2, 0.25) is 15.9 Å². The Morgan fingerprint density at radius 2 is 1.71 bits per heavy atom. The van der Waals surface area contributed by atoms with Crippen LogP contribution in [-0.4, -0.2) is 33.2 Å². The fraction of sp³-hybridized carbons (Fsp3) is 0.381. The van der Waals surface area contributed by atoms with Gasteiger partial charge in [0.15, 0.2) is 0 Å². The summed E-state index contributed by atoms with van der Waals surface area (Å²) in [5, 5.41) is 2.79. The molecule has 7 heteroatoms. The second-order valence-corrected chi connectivity index (χ2v) is 9.01. The number of hydrogen-bond acceptors (Lipinski definition) is 4. The summed E-state index contributed by atoms with van der Waals surface area (Å²) in [5.41, 5.74) is 3.03. The van der Waals surface area contributed by atoms with Crippen molar-refractivity contribution in [2.75, 3.05) is 17.1 Å². The first-order chi connectivity index (χ1) is 13.1. The van der Waals surface area contributed by atoms with Crippen LogP contribution in [0.2, 0.25) is 0 Å². The zero-order chi connectivity index (χ0) is 20.9. The SMILES string of the molecule is Cc1cccc(C)c1N(CC(=O)NCc1cccc(OC(C)C)c1)S(C)(=O)=O. The van der Waals surface area contributed by atoms with Crippen molar-refractivity contribution in [3.05, 3.63) is 59.2 Å². The summed E-state index contributed by atoms with van der Waals surface area (Å²) in [6.45, 7) is 7.58. The van der Waals surface area contributed by atoms with E-state index in [0.29, 0.717) is 12.2 Å². The van der Waals surface area contributed by atoms with Crippen LogP contribution in [0, 0.1) is 13.8 Å². The lowest BCUT2D eigenvalue weighted by Crippen LogP contribution is -2.40. The van der Waals surface area contributed by atoms with Crippen LogP contribution in [-0.2, 0) is 21.4 Å². The van der Waals surface area contributed by atoms with Crippen molar-refractivity contribution in [1.29, 1.82) is 0 Å². The lowest BCUT2D eigenvalue weighted by molar-refractivity contribution is -0.119. The fourth-order valence-electron chi connectivity index (χ4n) is 2.95. The minimum atomic E-state index is -3.61. The Kier molecular flexibility index (Phi) is 7.07. The van der Waals surface area contributed by atoms with Crippen LogP contribution < -0.4 is 14.4 Å². The summed E-state index contributed by atoms with van der Waals surface area (Å²) in [6, 6.07) is 13.0. The van der Waals surface area contributed by atoms with E-state index in [1.807, 2.05) is 70.2 Å². The van der Waals surface area contributed by atoms with E-state index < -0.39 is 10.0 Å². The van der Waals surface area contributed by atoms with Gasteiger partial charge in [-0.1, -0.05) is 30.3 Å². The van der Waals surface area contributed by atoms with Crippen molar-refractivity contribution in [2.24, 2.45) is 0 Å². The molecule has 0 saturated heterocycles. The van der Waals surface area contributed by atoms with E-state index >= 15 is 0 Å². The van der Waals surface area contributed by atoms with Crippen molar-refractivity contribution >= 4 is 21.6 Å². The van der Waals surface area contributed by atoms with Gasteiger partial charge in [0.1, 0.15) is 12.3 Å². The molecule has 28 heavy (non-hydrogen) atoms. The first-order valence-electron chi connectivity index (χ1n) is 9.14. The van der Waals surface area contributed by atoms with Gasteiger partial charge in [-0.2, -0.15) is 0 Å². The third-order valence-electron chi connectivity index (χ3n) is 4.14. The van der Waals surface area contributed by atoms with Crippen LogP contribution >= 0.6 is 0 Å². The highest BCUT2D eigenvalue weighted by molar-refractivity contribution is 7.92. The number of ether oxygens (including phenoxy) is 1. The number of sulfonamides is 1. The van der Waals surface area contributed by atoms with Crippen LogP contribution in [0.15, 0.2) is 42.5 Å². The normalized spacial score (nSPS) is 11.4. The number of nitrogens with one attached hydrogen (secondary N) is 1. The molecule has 0 heterocycles. The first-order valence-corrected chi connectivity index (χ1v) is 11.0. The molecule has 0 spiro atoms. The fourth-order valence-corrected chi connectivity index (χ4v) is 3.92. The van der Waals surface area contributed by atoms with Crippen LogP contribution in [0.5, 0.6) is 5.75 Å². The Morgan fingerprint density at radius 1 is 1.11 bits per heavy atom. The highest BCUT2D eigenvalue weighted by Gasteiger charge is 2.23. The molecule has 2 aromatic rings. The summed E-state index contributed by atoms with van der Waals surface area (Å²) >= 11 is 0. The summed E-state index contributed by atoms with van der Waals surface area (Å²) in [7, 11) is -3.61. The molecule has 0 bridgehead atoms. The van der Waals surface area contributed by atoms with Crippen LogP contribution in [0.1, 0.15) is 30.5 Å². The Labute approximate surface area is 167 Å². The minimum Gasteiger partial charge on any atom is -0.491 e. The number of aryl methyl sites for hydroxylation is 2. The van der Waals surface area contributed by atoms with Crippen molar-refractivity contribution in [3.63, 3.8) is 0 Å². The molecule has 0 unspecified atom stereocenters. The summed E-state index contributed by atoms with van der Waals surface area (Å²) in [6.07, 6.45) is 1.17. The van der Waals surface area contributed by atoms with Crippen LogP contribution in [0.4, 0.5) is 5.69 Å². The van der Waals surface area contributed by atoms with E-state index in [1.54, 1.807) is 0 Å². The Hall–Kier alpha value is -2.54. The highest BCUT2D eigenvalue weighted by Crippen LogP contribution is 2.26. The zero-order valence-corrected chi connectivity index (χ0v) is 17.8. The van der Waals surface area contributed by atoms with E-state index in [0.717, 1.165) is 33.0 Å². The Balaban J connectivity index is 2.11. The van der Waals surface area contributed by atoms with Gasteiger partial charge in [-0.15, -0.1) is 0 Å². The van der Waals surface area contributed by atoms with Gasteiger partial charge in [0, 0.05) is 6.54 Å². The van der Waals surface area contributed by atoms with E-state index in [2.05, 4.69) is 5.32 Å². The molecule has 0 aliphatic rings. The summed E-state index contributed by atoms with van der Waals surface area (Å²) < 4.78 is 31.5. The van der Waals surface area contributed by atoms with Gasteiger partial charge in [0.25, 0.3) is 0 Å². The molecule has 2 rings (SSSR count). The van der Waals surface area contributed by atoms with Gasteiger partial charge in [0.05, 0.1) is 18.0 Å². The van der Waals surface area contributed by atoms with Crippen molar-refractivity contribution in [2.45, 2.75) is 40.3 Å². The van der Waals surface area contributed by atoms with E-state index in [-0.39, 0.29) is 18.6 Å². The number of para-hydroxylation sites is 1. The molecule has 1 N–H and O–H groups in total. The minimum absolute atomic E-state index is 0.0607. The average molecular weight is 405 g/mol. The van der Waals surface area contributed by atoms with E-state index in [1.165, 1.54) is 0 Å². The molecular weight excluding hydrogens is 376 g/mol. The quantitative estimate of drug-likeness (QED) is 0.733. The number of carbonyl (C=O) groups is 1. The molecule has 1 amide bonds. The zero-order valence-electron chi connectivity index (χ0n) is 17.0. The molecule has 0 saturated carbocycles. The third kappa shape index (κ3) is 5.99. The lowest BCUT2D eigenvalue weighted by Gasteiger charge is -2.25. The van der Waals surface area contributed by atoms with E-state index in [4.69, 9.17) is 4.74 Å². The predicted molar refractivity (Wildman–Crippen MR) is 112 cm³/mol. The van der Waals surface area contributed by atoms with Crippen molar-refractivity contribution in [1.82, 2.24) is 5.32 Å². The molecule has 6 nitrogen and oxygen atoms in total. The van der Waals surface area contributed by atoms with E-state index in [9.17, 15) is 13.2 Å². The van der Waals surface area contributed by atoms with Crippen LogP contribution in [0.25, 0.3) is 0 Å². The number of anilines is 1. The van der Waals surface area contributed by atoms with Gasteiger partial charge in [-0.05, 0) is 56.5 Å². The molecule has 152 valence electrons. The second kappa shape index (κ2) is 9.10. The van der Waals surface area contributed by atoms with Crippen molar-refractivity contribution < 1.29 is 17.9 Å². The van der Waals surface area contributed by atoms with Gasteiger partial charge in [-0.25, -0.2) is 8.42 Å². The number of rotatable bonds is 8. The molecule has 2 aromatic carbocycles. The molecular formula is C21H28N2O4S. The average Bonchev–Trinajstić information content (AvgIpc) is 2.58. The smallest absolute Gasteiger partial charge is 0.241 e. The maximum Gasteiger partial charge on any atom is 0.241 e. The number of hydrogen-bond donors (Lipinski definition) is 1. The van der Waals surface area contributed by atoms with Crippen LogP contribution in [0.3, 0.4) is 0 Å². The Bertz CT molecular complexity index is 919. The standard InChI is InChI=1S/C21H28N2O4S/c1-15(2)27-19-11-7-10-18(12-19)13-22-20(24)14-23(28(5,25)26)21-16(3)8-6-9-17(21)4/h6-12,15H,13-14H2,1-5H3,(H,22,24). The third-order valence-corrected chi connectivity index (χ3v) is 5.25. The maximum atomic E-state index is 12.5. The number of amides is 1. The lowest BCUT2D eigenvalue weighted by atomic mass is 10.1. The molecule has 0 aromatic heterocycles. The number of benzene rings is 2. The molecule has 0 aliphatic heterocycles. The topological polar surface area (TPSA) is 75.7 Å². The summed E-state index contributed by atoms with van der Waals surface area (Å²) in [4.78, 5) is 12.5. The molecule has 0 atom stereocenters. The predicted octanol–water partition coefficient (Wildman–Crippen LogP) is 3.17.